The molecule has 0 saturated heterocycles. The van der Waals surface area contributed by atoms with Crippen molar-refractivity contribution in [3.63, 3.8) is 0 Å². The van der Waals surface area contributed by atoms with Gasteiger partial charge in [-0.05, 0) is 42.5 Å². The maximum absolute atomic E-state index is 12.9. The summed E-state index contributed by atoms with van der Waals surface area (Å²) in [5.74, 6) is -0.120. The number of fused-ring (bicyclic) bond motifs is 2. The Morgan fingerprint density at radius 2 is 1.69 bits per heavy atom. The molecule has 0 aliphatic rings. The molecule has 8 heteroatoms. The molecule has 2 heterocycles. The number of nitrogen functional groups attached to an aromatic ring is 1. The fourth-order valence-electron chi connectivity index (χ4n) is 2.74. The van der Waals surface area contributed by atoms with Crippen LogP contribution in [0.1, 0.15) is 0 Å². The summed E-state index contributed by atoms with van der Waals surface area (Å²) < 4.78 is 31.5. The minimum Gasteiger partial charge on any atom is -0.422 e. The standard InChI is InChI=1S/C18H11ClN2O4S/c19-10-5-7-11(8-6-10)26(23,24)15-9-13-16(22)12-3-1-2-4-14(12)25-18(13)21-17(15)20/h1-9H,(H2,20,21)/p+1. The van der Waals surface area contributed by atoms with Gasteiger partial charge in [0.2, 0.25) is 15.3 Å². The first-order valence-electron chi connectivity index (χ1n) is 7.56. The van der Waals surface area contributed by atoms with Crippen molar-refractivity contribution in [2.24, 2.45) is 0 Å². The molecule has 0 amide bonds. The van der Waals surface area contributed by atoms with E-state index in [0.717, 1.165) is 0 Å². The summed E-state index contributed by atoms with van der Waals surface area (Å²) in [6.07, 6.45) is 0. The van der Waals surface area contributed by atoms with Gasteiger partial charge in [0.25, 0.3) is 11.5 Å². The molecule has 6 nitrogen and oxygen atoms in total. The van der Waals surface area contributed by atoms with Gasteiger partial charge in [-0.15, -0.1) is 0 Å². The number of halogens is 1. The second kappa shape index (κ2) is 5.82. The fourth-order valence-corrected chi connectivity index (χ4v) is 4.22. The van der Waals surface area contributed by atoms with Crippen LogP contribution in [0.5, 0.6) is 0 Å². The normalized spacial score (nSPS) is 11.9. The van der Waals surface area contributed by atoms with Gasteiger partial charge in [0, 0.05) is 5.02 Å². The van der Waals surface area contributed by atoms with Crippen LogP contribution in [0.2, 0.25) is 5.02 Å². The van der Waals surface area contributed by atoms with E-state index in [2.05, 4.69) is 4.98 Å². The molecule has 4 rings (SSSR count). The lowest BCUT2D eigenvalue weighted by Crippen LogP contribution is -2.20. The number of H-pyrrole nitrogens is 1. The first-order chi connectivity index (χ1) is 12.4. The molecule has 2 aromatic carbocycles. The summed E-state index contributed by atoms with van der Waals surface area (Å²) >= 11 is 5.81. The highest BCUT2D eigenvalue weighted by Crippen LogP contribution is 2.27. The van der Waals surface area contributed by atoms with Gasteiger partial charge in [-0.2, -0.15) is 0 Å². The van der Waals surface area contributed by atoms with Gasteiger partial charge >= 0.3 is 0 Å². The maximum Gasteiger partial charge on any atom is 0.299 e. The minimum absolute atomic E-state index is 0.0199. The Kier molecular flexibility index (Phi) is 3.71. The lowest BCUT2D eigenvalue weighted by Gasteiger charge is -2.06. The molecule has 0 spiro atoms. The monoisotopic (exact) mass is 387 g/mol. The highest BCUT2D eigenvalue weighted by atomic mass is 35.5. The van der Waals surface area contributed by atoms with Crippen LogP contribution >= 0.6 is 11.6 Å². The van der Waals surface area contributed by atoms with E-state index in [4.69, 9.17) is 21.8 Å². The number of hydrogen-bond donors (Lipinski definition) is 1. The number of rotatable bonds is 2. The van der Waals surface area contributed by atoms with Gasteiger partial charge in [0.1, 0.15) is 11.0 Å². The van der Waals surface area contributed by atoms with Crippen LogP contribution in [0.25, 0.3) is 22.1 Å². The largest absolute Gasteiger partial charge is 0.422 e. The number of anilines is 1. The Bertz CT molecular complexity index is 1330. The maximum atomic E-state index is 12.9. The van der Waals surface area contributed by atoms with E-state index in [0.29, 0.717) is 16.0 Å². The Morgan fingerprint density at radius 1 is 1.00 bits per heavy atom. The zero-order valence-electron chi connectivity index (χ0n) is 13.2. The summed E-state index contributed by atoms with van der Waals surface area (Å²) in [5, 5.41) is 0.868. The Balaban J connectivity index is 2.03. The second-order valence-electron chi connectivity index (χ2n) is 5.67. The smallest absolute Gasteiger partial charge is 0.299 e. The number of nitrogens with two attached hydrogens (primary N) is 1. The second-order valence-corrected chi connectivity index (χ2v) is 8.03. The fraction of sp³-hybridized carbons (Fsp3) is 0. The molecule has 0 bridgehead atoms. The van der Waals surface area contributed by atoms with Crippen LogP contribution in [0, 0.1) is 0 Å². The molecule has 0 saturated carbocycles. The number of sulfone groups is 1. The topological polar surface area (TPSA) is 105 Å². The average molecular weight is 388 g/mol. The van der Waals surface area contributed by atoms with Gasteiger partial charge in [-0.1, -0.05) is 23.7 Å². The predicted octanol–water partition coefficient (Wildman–Crippen LogP) is 2.83. The molecule has 0 radical (unpaired) electrons. The van der Waals surface area contributed by atoms with Crippen molar-refractivity contribution >= 4 is 49.3 Å². The number of hydrogen-bond acceptors (Lipinski definition) is 5. The summed E-state index contributed by atoms with van der Waals surface area (Å²) in [7, 11) is -3.94. The number of aromatic nitrogens is 1. The van der Waals surface area contributed by atoms with Crippen molar-refractivity contribution in [3.8, 4) is 0 Å². The van der Waals surface area contributed by atoms with Crippen molar-refractivity contribution in [3.05, 3.63) is 69.8 Å². The van der Waals surface area contributed by atoms with Gasteiger partial charge in [0.05, 0.1) is 10.3 Å². The van der Waals surface area contributed by atoms with E-state index in [-0.39, 0.29) is 32.1 Å². The molecule has 0 fully saturated rings. The quantitative estimate of drug-likeness (QED) is 0.532. The minimum atomic E-state index is -3.94. The van der Waals surface area contributed by atoms with Gasteiger partial charge < -0.3 is 4.42 Å². The average Bonchev–Trinajstić information content (AvgIpc) is 2.61. The third-order valence-corrected chi connectivity index (χ3v) is 6.10. The molecular formula is C18H12ClN2O4S+. The number of para-hydroxylation sites is 1. The zero-order valence-corrected chi connectivity index (χ0v) is 14.8. The van der Waals surface area contributed by atoms with Crippen molar-refractivity contribution in [1.29, 1.82) is 0 Å². The van der Waals surface area contributed by atoms with E-state index in [1.54, 1.807) is 24.3 Å². The Hall–Kier alpha value is -2.90. The zero-order chi connectivity index (χ0) is 18.5. The molecule has 3 N–H and O–H groups in total. The molecule has 0 atom stereocenters. The summed E-state index contributed by atoms with van der Waals surface area (Å²) in [5.41, 5.74) is 6.06. The number of benzene rings is 2. The van der Waals surface area contributed by atoms with Crippen LogP contribution in [0.4, 0.5) is 5.82 Å². The summed E-state index contributed by atoms with van der Waals surface area (Å²) in [6.45, 7) is 0. The van der Waals surface area contributed by atoms with E-state index >= 15 is 0 Å². The van der Waals surface area contributed by atoms with Crippen molar-refractivity contribution in [1.82, 2.24) is 0 Å². The van der Waals surface area contributed by atoms with Crippen LogP contribution < -0.4 is 16.1 Å². The lowest BCUT2D eigenvalue weighted by atomic mass is 10.2. The molecule has 0 unspecified atom stereocenters. The van der Waals surface area contributed by atoms with E-state index in [9.17, 15) is 13.2 Å². The van der Waals surface area contributed by atoms with Crippen LogP contribution in [0.15, 0.2) is 73.6 Å². The number of aromatic amines is 1. The SMILES string of the molecule is Nc1[nH+]c2oc3ccccc3c(=O)c2cc1S(=O)(=O)c1ccc(Cl)cc1. The third kappa shape index (κ3) is 2.53. The molecule has 2 aromatic heterocycles. The van der Waals surface area contributed by atoms with Gasteiger partial charge in [-0.25, -0.2) is 13.4 Å². The van der Waals surface area contributed by atoms with Crippen molar-refractivity contribution < 1.29 is 17.8 Å². The van der Waals surface area contributed by atoms with Crippen LogP contribution in [-0.2, 0) is 9.84 Å². The molecule has 4 aromatic rings. The molecule has 130 valence electrons. The van der Waals surface area contributed by atoms with Crippen molar-refractivity contribution in [2.75, 3.05) is 5.73 Å². The highest BCUT2D eigenvalue weighted by Gasteiger charge is 2.27. The summed E-state index contributed by atoms with van der Waals surface area (Å²) in [6, 6.07) is 13.6. The van der Waals surface area contributed by atoms with E-state index < -0.39 is 9.84 Å². The van der Waals surface area contributed by atoms with Crippen LogP contribution in [0.3, 0.4) is 0 Å². The van der Waals surface area contributed by atoms with Crippen molar-refractivity contribution in [2.45, 2.75) is 9.79 Å². The first kappa shape index (κ1) is 16.6. The van der Waals surface area contributed by atoms with E-state index in [1.165, 1.54) is 30.3 Å². The molecule has 0 aliphatic carbocycles. The predicted molar refractivity (Wildman–Crippen MR) is 97.9 cm³/mol. The first-order valence-corrected chi connectivity index (χ1v) is 9.42. The van der Waals surface area contributed by atoms with Gasteiger partial charge in [-0.3, -0.25) is 10.5 Å². The van der Waals surface area contributed by atoms with E-state index in [1.807, 2.05) is 0 Å². The van der Waals surface area contributed by atoms with Gasteiger partial charge in [0.15, 0.2) is 4.90 Å². The number of pyridine rings is 1. The molecular weight excluding hydrogens is 376 g/mol. The Labute approximate surface area is 152 Å². The highest BCUT2D eigenvalue weighted by molar-refractivity contribution is 7.91. The molecule has 26 heavy (non-hydrogen) atoms. The van der Waals surface area contributed by atoms with Crippen LogP contribution in [-0.4, -0.2) is 8.42 Å². The third-order valence-electron chi connectivity index (χ3n) is 4.04. The lowest BCUT2D eigenvalue weighted by molar-refractivity contribution is -0.340. The Morgan fingerprint density at radius 3 is 2.42 bits per heavy atom. The molecule has 0 aliphatic heterocycles. The summed E-state index contributed by atoms with van der Waals surface area (Å²) in [4.78, 5) is 15.2. The number of nitrogens with one attached hydrogen (secondary N) is 1.